The monoisotopic (exact) mass is 298 g/mol. The van der Waals surface area contributed by atoms with Gasteiger partial charge in [-0.3, -0.25) is 0 Å². The molecule has 0 saturated carbocycles. The van der Waals surface area contributed by atoms with E-state index in [1.807, 2.05) is 7.05 Å². The summed E-state index contributed by atoms with van der Waals surface area (Å²) in [6.07, 6.45) is 3.88. The third-order valence-corrected chi connectivity index (χ3v) is 3.36. The molecule has 1 aromatic carbocycles. The average Bonchev–Trinajstić information content (AvgIpc) is 2.32. The van der Waals surface area contributed by atoms with Crippen molar-refractivity contribution in [1.29, 1.82) is 0 Å². The molecule has 96 valence electrons. The minimum atomic E-state index is 1.04. The normalized spacial score (nSPS) is 11.1. The van der Waals surface area contributed by atoms with Crippen LogP contribution in [-0.2, 0) is 6.54 Å². The Balaban J connectivity index is 2.16. The first kappa shape index (κ1) is 14.7. The highest BCUT2D eigenvalue weighted by atomic mass is 79.9. The molecule has 0 amide bonds. The molecule has 0 bridgehead atoms. The van der Waals surface area contributed by atoms with E-state index in [9.17, 15) is 0 Å². The highest BCUT2D eigenvalue weighted by Crippen LogP contribution is 2.12. The van der Waals surface area contributed by atoms with Crippen LogP contribution in [0.4, 0.5) is 0 Å². The summed E-state index contributed by atoms with van der Waals surface area (Å²) in [6.45, 7) is 3.36. The van der Waals surface area contributed by atoms with Gasteiger partial charge >= 0.3 is 0 Å². The Morgan fingerprint density at radius 2 is 1.82 bits per heavy atom. The topological polar surface area (TPSA) is 15.3 Å². The zero-order valence-electron chi connectivity index (χ0n) is 10.9. The Labute approximate surface area is 114 Å². The fourth-order valence-electron chi connectivity index (χ4n) is 1.84. The van der Waals surface area contributed by atoms with Crippen molar-refractivity contribution in [3.05, 3.63) is 34.3 Å². The number of nitrogens with zero attached hydrogens (tertiary/aromatic N) is 1. The van der Waals surface area contributed by atoms with Crippen LogP contribution in [0.2, 0.25) is 0 Å². The van der Waals surface area contributed by atoms with Crippen molar-refractivity contribution >= 4 is 15.9 Å². The van der Waals surface area contributed by atoms with Crippen LogP contribution in [0.1, 0.15) is 24.8 Å². The summed E-state index contributed by atoms with van der Waals surface area (Å²) in [6, 6.07) is 8.58. The Hall–Kier alpha value is -0.380. The molecule has 0 fully saturated rings. The lowest BCUT2D eigenvalue weighted by molar-refractivity contribution is 0.317. The van der Waals surface area contributed by atoms with E-state index in [1.54, 1.807) is 0 Å². The van der Waals surface area contributed by atoms with Gasteiger partial charge in [-0.1, -0.05) is 34.5 Å². The van der Waals surface area contributed by atoms with Gasteiger partial charge in [0.05, 0.1) is 0 Å². The number of hydrogen-bond acceptors (Lipinski definition) is 2. The maximum Gasteiger partial charge on any atom is 0.0230 e. The Bertz CT molecular complexity index is 298. The summed E-state index contributed by atoms with van der Waals surface area (Å²) in [4.78, 5) is 2.39. The molecule has 1 aromatic rings. The summed E-state index contributed by atoms with van der Waals surface area (Å²) >= 11 is 3.46. The molecule has 0 aliphatic rings. The minimum Gasteiger partial charge on any atom is -0.320 e. The second-order valence-electron chi connectivity index (χ2n) is 4.53. The smallest absolute Gasteiger partial charge is 0.0230 e. The third-order valence-electron chi connectivity index (χ3n) is 2.83. The van der Waals surface area contributed by atoms with Crippen molar-refractivity contribution in [2.24, 2.45) is 0 Å². The van der Waals surface area contributed by atoms with Gasteiger partial charge in [0.2, 0.25) is 0 Å². The van der Waals surface area contributed by atoms with Gasteiger partial charge in [0.1, 0.15) is 0 Å². The van der Waals surface area contributed by atoms with E-state index in [-0.39, 0.29) is 0 Å². The molecule has 0 aliphatic heterocycles. The first-order chi connectivity index (χ1) is 8.22. The molecule has 0 aliphatic carbocycles. The largest absolute Gasteiger partial charge is 0.320 e. The molecule has 0 heterocycles. The minimum absolute atomic E-state index is 1.04. The van der Waals surface area contributed by atoms with Gasteiger partial charge in [-0.2, -0.15) is 0 Å². The average molecular weight is 299 g/mol. The van der Waals surface area contributed by atoms with E-state index in [0.717, 1.165) is 17.6 Å². The maximum absolute atomic E-state index is 3.46. The summed E-state index contributed by atoms with van der Waals surface area (Å²) < 4.78 is 1.15. The lowest BCUT2D eigenvalue weighted by Crippen LogP contribution is -2.19. The first-order valence-corrected chi connectivity index (χ1v) is 7.09. The number of unbranched alkanes of at least 4 members (excludes halogenated alkanes) is 2. The molecule has 1 N–H and O–H groups in total. The number of benzene rings is 1. The van der Waals surface area contributed by atoms with Gasteiger partial charge in [-0.15, -0.1) is 0 Å². The Morgan fingerprint density at radius 3 is 2.47 bits per heavy atom. The van der Waals surface area contributed by atoms with Gasteiger partial charge < -0.3 is 10.2 Å². The van der Waals surface area contributed by atoms with Gasteiger partial charge in [0.15, 0.2) is 0 Å². The lowest BCUT2D eigenvalue weighted by Gasteiger charge is -2.16. The predicted molar refractivity (Wildman–Crippen MR) is 78.3 cm³/mol. The van der Waals surface area contributed by atoms with E-state index < -0.39 is 0 Å². The fraction of sp³-hybridized carbons (Fsp3) is 0.571. The van der Waals surface area contributed by atoms with Gasteiger partial charge in [0, 0.05) is 11.0 Å². The van der Waals surface area contributed by atoms with Crippen LogP contribution >= 0.6 is 15.9 Å². The van der Waals surface area contributed by atoms with Gasteiger partial charge in [-0.05, 0) is 57.7 Å². The highest BCUT2D eigenvalue weighted by molar-refractivity contribution is 9.10. The highest BCUT2D eigenvalue weighted by Gasteiger charge is 2.00. The van der Waals surface area contributed by atoms with E-state index >= 15 is 0 Å². The number of nitrogens with one attached hydrogen (secondary N) is 1. The molecule has 2 nitrogen and oxygen atoms in total. The second-order valence-corrected chi connectivity index (χ2v) is 5.44. The molecule has 0 aromatic heterocycles. The van der Waals surface area contributed by atoms with Crippen LogP contribution in [0.25, 0.3) is 0 Å². The third kappa shape index (κ3) is 6.81. The standard InChI is InChI=1S/C14H23BrN2/c1-16-10-4-3-5-11-17(2)12-13-6-8-14(15)9-7-13/h6-9,16H,3-5,10-12H2,1-2H3. The van der Waals surface area contributed by atoms with E-state index in [0.29, 0.717) is 0 Å². The summed E-state index contributed by atoms with van der Waals surface area (Å²) in [5.41, 5.74) is 1.38. The Kier molecular flexibility index (Phi) is 7.49. The zero-order valence-corrected chi connectivity index (χ0v) is 12.5. The van der Waals surface area contributed by atoms with Crippen molar-refractivity contribution in [2.45, 2.75) is 25.8 Å². The van der Waals surface area contributed by atoms with Crippen LogP contribution in [0.15, 0.2) is 28.7 Å². The molecule has 3 heteroatoms. The van der Waals surface area contributed by atoms with Crippen molar-refractivity contribution < 1.29 is 0 Å². The Morgan fingerprint density at radius 1 is 1.12 bits per heavy atom. The van der Waals surface area contributed by atoms with Crippen molar-refractivity contribution in [3.63, 3.8) is 0 Å². The summed E-state index contributed by atoms with van der Waals surface area (Å²) in [5.74, 6) is 0. The first-order valence-electron chi connectivity index (χ1n) is 6.30. The van der Waals surface area contributed by atoms with E-state index in [2.05, 4.69) is 57.5 Å². The summed E-state index contributed by atoms with van der Waals surface area (Å²) in [7, 11) is 4.21. The van der Waals surface area contributed by atoms with Crippen LogP contribution in [-0.4, -0.2) is 32.1 Å². The van der Waals surface area contributed by atoms with E-state index in [1.165, 1.54) is 31.4 Å². The fourth-order valence-corrected chi connectivity index (χ4v) is 2.11. The molecular weight excluding hydrogens is 276 g/mol. The predicted octanol–water partition coefficient (Wildman–Crippen LogP) is 3.27. The number of rotatable bonds is 8. The van der Waals surface area contributed by atoms with Crippen LogP contribution in [0, 0.1) is 0 Å². The molecule has 0 atom stereocenters. The molecule has 0 radical (unpaired) electrons. The summed E-state index contributed by atoms with van der Waals surface area (Å²) in [5, 5.41) is 3.18. The number of halogens is 1. The second kappa shape index (κ2) is 8.67. The quantitative estimate of drug-likeness (QED) is 0.741. The zero-order chi connectivity index (χ0) is 12.5. The van der Waals surface area contributed by atoms with Gasteiger partial charge in [0.25, 0.3) is 0 Å². The van der Waals surface area contributed by atoms with Crippen LogP contribution < -0.4 is 5.32 Å². The van der Waals surface area contributed by atoms with Crippen LogP contribution in [0.3, 0.4) is 0 Å². The SMILES string of the molecule is CNCCCCCN(C)Cc1ccc(Br)cc1. The maximum atomic E-state index is 3.46. The van der Waals surface area contributed by atoms with Gasteiger partial charge in [-0.25, -0.2) is 0 Å². The molecule has 1 rings (SSSR count). The lowest BCUT2D eigenvalue weighted by atomic mass is 10.2. The molecule has 0 unspecified atom stereocenters. The molecule has 17 heavy (non-hydrogen) atoms. The van der Waals surface area contributed by atoms with Crippen molar-refractivity contribution in [2.75, 3.05) is 27.2 Å². The van der Waals surface area contributed by atoms with Crippen molar-refractivity contribution in [3.8, 4) is 0 Å². The number of hydrogen-bond donors (Lipinski definition) is 1. The van der Waals surface area contributed by atoms with Crippen LogP contribution in [0.5, 0.6) is 0 Å². The molecule has 0 saturated heterocycles. The molecular formula is C14H23BrN2. The van der Waals surface area contributed by atoms with Crippen molar-refractivity contribution in [1.82, 2.24) is 10.2 Å². The van der Waals surface area contributed by atoms with E-state index in [4.69, 9.17) is 0 Å². The molecule has 0 spiro atoms.